The third-order valence-electron chi connectivity index (χ3n) is 2.68. The lowest BCUT2D eigenvalue weighted by Gasteiger charge is -2.02. The lowest BCUT2D eigenvalue weighted by Crippen LogP contribution is -2.10. The fraction of sp³-hybridized carbons (Fsp3) is 0.333. The lowest BCUT2D eigenvalue weighted by molar-refractivity contribution is -0.385. The number of nitro benzene ring substituents is 1. The Morgan fingerprint density at radius 2 is 2.25 bits per heavy atom. The standard InChI is InChI=1S/C12H14N4O4/c1-13-6-5-11-14-15-12(20-11)8-3-4-9(16(17)18)10(7-8)19-2/h3-4,7,13H,5-6H2,1-2H3. The molecule has 0 saturated carbocycles. The average molecular weight is 278 g/mol. The molecule has 0 spiro atoms. The smallest absolute Gasteiger partial charge is 0.310 e. The maximum Gasteiger partial charge on any atom is 0.310 e. The summed E-state index contributed by atoms with van der Waals surface area (Å²) >= 11 is 0. The van der Waals surface area contributed by atoms with Crippen molar-refractivity contribution in [2.24, 2.45) is 0 Å². The molecule has 1 aromatic carbocycles. The number of nitro groups is 1. The Kier molecular flexibility index (Phi) is 4.26. The van der Waals surface area contributed by atoms with E-state index in [2.05, 4.69) is 15.5 Å². The minimum Gasteiger partial charge on any atom is -0.490 e. The second-order valence-corrected chi connectivity index (χ2v) is 4.00. The van der Waals surface area contributed by atoms with Gasteiger partial charge in [0.2, 0.25) is 11.8 Å². The van der Waals surface area contributed by atoms with Crippen LogP contribution in [0.1, 0.15) is 5.89 Å². The summed E-state index contributed by atoms with van der Waals surface area (Å²) < 4.78 is 10.5. The van der Waals surface area contributed by atoms with E-state index in [0.717, 1.165) is 6.54 Å². The van der Waals surface area contributed by atoms with Crippen molar-refractivity contribution in [1.82, 2.24) is 15.5 Å². The molecular weight excluding hydrogens is 264 g/mol. The fourth-order valence-corrected chi connectivity index (χ4v) is 1.66. The van der Waals surface area contributed by atoms with Gasteiger partial charge >= 0.3 is 5.69 Å². The van der Waals surface area contributed by atoms with E-state index in [1.807, 2.05) is 7.05 Å². The highest BCUT2D eigenvalue weighted by atomic mass is 16.6. The van der Waals surface area contributed by atoms with E-state index >= 15 is 0 Å². The van der Waals surface area contributed by atoms with Crippen molar-refractivity contribution in [3.05, 3.63) is 34.2 Å². The molecule has 20 heavy (non-hydrogen) atoms. The summed E-state index contributed by atoms with van der Waals surface area (Å²) in [6.07, 6.45) is 0.619. The Hall–Kier alpha value is -2.48. The fourth-order valence-electron chi connectivity index (χ4n) is 1.66. The molecule has 0 unspecified atom stereocenters. The number of nitrogens with one attached hydrogen (secondary N) is 1. The summed E-state index contributed by atoms with van der Waals surface area (Å²) in [6, 6.07) is 4.41. The zero-order chi connectivity index (χ0) is 14.5. The Morgan fingerprint density at radius 3 is 2.90 bits per heavy atom. The van der Waals surface area contributed by atoms with Gasteiger partial charge in [-0.15, -0.1) is 10.2 Å². The van der Waals surface area contributed by atoms with Gasteiger partial charge in [-0.3, -0.25) is 10.1 Å². The van der Waals surface area contributed by atoms with Crippen molar-refractivity contribution in [1.29, 1.82) is 0 Å². The molecule has 0 fully saturated rings. The van der Waals surface area contributed by atoms with Gasteiger partial charge in [0.25, 0.3) is 0 Å². The second-order valence-electron chi connectivity index (χ2n) is 4.00. The van der Waals surface area contributed by atoms with Gasteiger partial charge in [-0.1, -0.05) is 0 Å². The minimum absolute atomic E-state index is 0.105. The zero-order valence-electron chi connectivity index (χ0n) is 11.1. The molecule has 2 aromatic rings. The first-order chi connectivity index (χ1) is 9.65. The largest absolute Gasteiger partial charge is 0.490 e. The topological polar surface area (TPSA) is 103 Å². The van der Waals surface area contributed by atoms with Crippen LogP contribution < -0.4 is 10.1 Å². The van der Waals surface area contributed by atoms with E-state index < -0.39 is 4.92 Å². The molecule has 106 valence electrons. The maximum absolute atomic E-state index is 10.8. The molecule has 0 aliphatic rings. The Morgan fingerprint density at radius 1 is 1.45 bits per heavy atom. The number of hydrogen-bond donors (Lipinski definition) is 1. The first-order valence-corrected chi connectivity index (χ1v) is 5.95. The van der Waals surface area contributed by atoms with Crippen molar-refractivity contribution in [2.75, 3.05) is 20.7 Å². The van der Waals surface area contributed by atoms with Gasteiger partial charge in [-0.2, -0.15) is 0 Å². The SMILES string of the molecule is CNCCc1nnc(-c2ccc([N+](=O)[O-])c(OC)c2)o1. The second kappa shape index (κ2) is 6.11. The predicted octanol–water partition coefficient (Wildman–Crippen LogP) is 1.42. The first-order valence-electron chi connectivity index (χ1n) is 5.95. The molecule has 0 radical (unpaired) electrons. The molecule has 0 aliphatic heterocycles. The van der Waals surface area contributed by atoms with Gasteiger partial charge in [0.15, 0.2) is 5.75 Å². The Balaban J connectivity index is 2.28. The molecule has 0 bridgehead atoms. The van der Waals surface area contributed by atoms with Crippen molar-refractivity contribution >= 4 is 5.69 Å². The summed E-state index contributed by atoms with van der Waals surface area (Å²) in [5, 5.41) is 21.6. The van der Waals surface area contributed by atoms with Gasteiger partial charge in [0.1, 0.15) is 0 Å². The molecule has 8 nitrogen and oxygen atoms in total. The van der Waals surface area contributed by atoms with Crippen molar-refractivity contribution in [3.8, 4) is 17.2 Å². The van der Waals surface area contributed by atoms with Crippen LogP contribution in [0.15, 0.2) is 22.6 Å². The molecular formula is C12H14N4O4. The van der Waals surface area contributed by atoms with Crippen LogP contribution in [0.4, 0.5) is 5.69 Å². The minimum atomic E-state index is -0.505. The van der Waals surface area contributed by atoms with Crippen LogP contribution in [0, 0.1) is 10.1 Å². The van der Waals surface area contributed by atoms with Crippen LogP contribution in [0.5, 0.6) is 5.75 Å². The summed E-state index contributed by atoms with van der Waals surface area (Å²) in [7, 11) is 3.21. The van der Waals surface area contributed by atoms with Crippen molar-refractivity contribution in [3.63, 3.8) is 0 Å². The van der Waals surface area contributed by atoms with E-state index in [1.54, 1.807) is 6.07 Å². The predicted molar refractivity (Wildman–Crippen MR) is 70.6 cm³/mol. The highest BCUT2D eigenvalue weighted by molar-refractivity contribution is 5.61. The van der Waals surface area contributed by atoms with Crippen LogP contribution in [0.25, 0.3) is 11.5 Å². The third-order valence-corrected chi connectivity index (χ3v) is 2.68. The van der Waals surface area contributed by atoms with Gasteiger partial charge in [0.05, 0.1) is 12.0 Å². The van der Waals surface area contributed by atoms with Gasteiger partial charge in [0, 0.05) is 30.7 Å². The van der Waals surface area contributed by atoms with Gasteiger partial charge in [-0.05, 0) is 13.1 Å². The number of likely N-dealkylation sites (N-methyl/N-ethyl adjacent to an activating group) is 1. The van der Waals surface area contributed by atoms with Crippen LogP contribution in [-0.4, -0.2) is 35.8 Å². The summed E-state index contributed by atoms with van der Waals surface area (Å²) in [4.78, 5) is 10.3. The number of rotatable bonds is 6. The molecule has 0 amide bonds. The summed E-state index contributed by atoms with van der Waals surface area (Å²) in [5.41, 5.74) is 0.474. The van der Waals surface area contributed by atoms with E-state index in [-0.39, 0.29) is 11.4 Å². The molecule has 2 rings (SSSR count). The molecule has 0 saturated heterocycles. The summed E-state index contributed by atoms with van der Waals surface area (Å²) in [5.74, 6) is 0.971. The van der Waals surface area contributed by atoms with Crippen LogP contribution >= 0.6 is 0 Å². The average Bonchev–Trinajstić information content (AvgIpc) is 2.93. The van der Waals surface area contributed by atoms with Crippen LogP contribution in [-0.2, 0) is 6.42 Å². The first kappa shape index (κ1) is 13.9. The summed E-state index contributed by atoms with van der Waals surface area (Å²) in [6.45, 7) is 0.727. The lowest BCUT2D eigenvalue weighted by atomic mass is 10.2. The molecule has 0 aliphatic carbocycles. The number of methoxy groups -OCH3 is 1. The number of nitrogens with zero attached hydrogens (tertiary/aromatic N) is 3. The van der Waals surface area contributed by atoms with E-state index in [0.29, 0.717) is 23.8 Å². The third kappa shape index (κ3) is 2.91. The van der Waals surface area contributed by atoms with E-state index in [4.69, 9.17) is 9.15 Å². The zero-order valence-corrected chi connectivity index (χ0v) is 11.1. The van der Waals surface area contributed by atoms with Crippen molar-refractivity contribution in [2.45, 2.75) is 6.42 Å². The molecule has 1 N–H and O–H groups in total. The number of ether oxygens (including phenoxy) is 1. The number of aromatic nitrogens is 2. The molecule has 0 atom stereocenters. The Labute approximate surface area is 114 Å². The highest BCUT2D eigenvalue weighted by Crippen LogP contribution is 2.31. The molecule has 1 heterocycles. The molecule has 8 heteroatoms. The van der Waals surface area contributed by atoms with Gasteiger partial charge < -0.3 is 14.5 Å². The number of benzene rings is 1. The van der Waals surface area contributed by atoms with E-state index in [9.17, 15) is 10.1 Å². The highest BCUT2D eigenvalue weighted by Gasteiger charge is 2.17. The van der Waals surface area contributed by atoms with Crippen LogP contribution in [0.3, 0.4) is 0 Å². The van der Waals surface area contributed by atoms with Gasteiger partial charge in [-0.25, -0.2) is 0 Å². The van der Waals surface area contributed by atoms with E-state index in [1.165, 1.54) is 19.2 Å². The monoisotopic (exact) mass is 278 g/mol. The van der Waals surface area contributed by atoms with Crippen molar-refractivity contribution < 1.29 is 14.1 Å². The quantitative estimate of drug-likeness (QED) is 0.629. The maximum atomic E-state index is 10.8. The number of hydrogen-bond acceptors (Lipinski definition) is 7. The molecule has 1 aromatic heterocycles. The Bertz CT molecular complexity index is 611. The normalized spacial score (nSPS) is 10.5. The van der Waals surface area contributed by atoms with Crippen LogP contribution in [0.2, 0.25) is 0 Å².